The molecule has 2 unspecified atom stereocenters. The van der Waals surface area contributed by atoms with Gasteiger partial charge in [-0.3, -0.25) is 4.79 Å². The maximum Gasteiger partial charge on any atom is 0.223 e. The summed E-state index contributed by atoms with van der Waals surface area (Å²) in [6, 6.07) is 8.42. The molecule has 2 saturated heterocycles. The average Bonchev–Trinajstić information content (AvgIpc) is 3.36. The van der Waals surface area contributed by atoms with Gasteiger partial charge in [0.1, 0.15) is 0 Å². The van der Waals surface area contributed by atoms with Gasteiger partial charge in [-0.05, 0) is 31.4 Å². The first-order chi connectivity index (χ1) is 12.4. The third-order valence-electron chi connectivity index (χ3n) is 7.00. The van der Waals surface area contributed by atoms with E-state index in [-0.39, 0.29) is 11.1 Å². The molecule has 2 aliphatic heterocycles. The van der Waals surface area contributed by atoms with Gasteiger partial charge in [0.05, 0.1) is 33.9 Å². The van der Waals surface area contributed by atoms with Crippen LogP contribution in [0, 0.1) is 5.92 Å². The Balaban J connectivity index is 1.36. The lowest BCUT2D eigenvalue weighted by Gasteiger charge is -2.26. The number of hydrogen-bond donors (Lipinski definition) is 1. The van der Waals surface area contributed by atoms with Crippen molar-refractivity contribution in [3.05, 3.63) is 36.7 Å². The van der Waals surface area contributed by atoms with Gasteiger partial charge in [-0.15, -0.1) is 0 Å². The summed E-state index contributed by atoms with van der Waals surface area (Å²) in [6.45, 7) is 11.7. The molecule has 0 radical (unpaired) electrons. The molecule has 1 N–H and O–H groups in total. The second-order valence-corrected chi connectivity index (χ2v) is 8.54. The smallest absolute Gasteiger partial charge is 0.223 e. The first kappa shape index (κ1) is 15.9. The van der Waals surface area contributed by atoms with E-state index in [9.17, 15) is 4.79 Å². The van der Waals surface area contributed by atoms with Crippen LogP contribution in [0.5, 0.6) is 0 Å². The number of nitrogens with one attached hydrogen (secondary N) is 1. The van der Waals surface area contributed by atoms with E-state index in [1.807, 2.05) is 24.3 Å². The van der Waals surface area contributed by atoms with Gasteiger partial charge < -0.3 is 14.8 Å². The zero-order chi connectivity index (χ0) is 18.3. The molecule has 3 fully saturated rings. The molecule has 5 nitrogen and oxygen atoms in total. The van der Waals surface area contributed by atoms with Crippen molar-refractivity contribution < 1.29 is 4.79 Å². The van der Waals surface area contributed by atoms with E-state index in [2.05, 4.69) is 42.1 Å². The number of aromatic amines is 1. The topological polar surface area (TPSA) is 52.0 Å². The lowest BCUT2D eigenvalue weighted by atomic mass is 10.0. The van der Waals surface area contributed by atoms with Crippen LogP contribution in [0.4, 0.5) is 0 Å². The summed E-state index contributed by atoms with van der Waals surface area (Å²) >= 11 is 0. The Hall–Kier alpha value is -2.30. The second-order valence-electron chi connectivity index (χ2n) is 8.54. The Labute approximate surface area is 154 Å². The van der Waals surface area contributed by atoms with E-state index in [1.165, 1.54) is 0 Å². The maximum atomic E-state index is 12.7. The molecule has 136 valence electrons. The SMILES string of the molecule is C=C(c1nc2ccccc2[nH]1)N1C23CC2N(C(=O)C[C@@H](C)CC)C[C@@]13C. The maximum absolute atomic E-state index is 12.7. The van der Waals surface area contributed by atoms with Gasteiger partial charge >= 0.3 is 0 Å². The fourth-order valence-electron chi connectivity index (χ4n) is 5.23. The largest absolute Gasteiger partial charge is 0.349 e. The number of imidazole rings is 1. The predicted octanol–water partition coefficient (Wildman–Crippen LogP) is 3.40. The summed E-state index contributed by atoms with van der Waals surface area (Å²) in [7, 11) is 0. The molecular formula is C21H26N4O. The summed E-state index contributed by atoms with van der Waals surface area (Å²) in [5.41, 5.74) is 3.08. The van der Waals surface area contributed by atoms with E-state index in [0.717, 1.165) is 41.9 Å². The fourth-order valence-corrected chi connectivity index (χ4v) is 5.23. The molecule has 1 aliphatic carbocycles. The van der Waals surface area contributed by atoms with Gasteiger partial charge in [0.15, 0.2) is 5.82 Å². The number of amides is 1. The number of fused-ring (bicyclic) bond motifs is 1. The Bertz CT molecular complexity index is 896. The number of rotatable bonds is 5. The minimum Gasteiger partial charge on any atom is -0.349 e. The molecule has 5 heteroatoms. The molecule has 3 aliphatic rings. The summed E-state index contributed by atoms with van der Waals surface area (Å²) in [5, 5.41) is 0. The number of carbonyl (C=O) groups is 1. The molecule has 3 heterocycles. The van der Waals surface area contributed by atoms with Gasteiger partial charge in [0.2, 0.25) is 5.91 Å². The summed E-state index contributed by atoms with van der Waals surface area (Å²) in [5.74, 6) is 1.63. The van der Waals surface area contributed by atoms with Crippen LogP contribution in [0.1, 0.15) is 45.9 Å². The fraction of sp³-hybridized carbons (Fsp3) is 0.524. The van der Waals surface area contributed by atoms with Crippen molar-refractivity contribution in [2.75, 3.05) is 6.54 Å². The monoisotopic (exact) mass is 350 g/mol. The van der Waals surface area contributed by atoms with Crippen LogP contribution in [0.25, 0.3) is 16.7 Å². The van der Waals surface area contributed by atoms with Crippen molar-refractivity contribution >= 4 is 22.6 Å². The molecular weight excluding hydrogens is 324 g/mol. The van der Waals surface area contributed by atoms with Crippen LogP contribution in [0.15, 0.2) is 30.8 Å². The van der Waals surface area contributed by atoms with Crippen LogP contribution in [0.2, 0.25) is 0 Å². The standard InChI is InChI=1S/C21H26N4O/c1-5-13(2)10-18(26)24-12-20(4)21(11-17(21)24)25(20)14(3)19-22-15-8-6-7-9-16(15)23-19/h6-9,13,17H,3,5,10-12H2,1-2,4H3,(H,22,23)/t13-,17?,20+,21?,25?/m0/s1. The molecule has 1 saturated carbocycles. The molecule has 1 amide bonds. The quantitative estimate of drug-likeness (QED) is 0.841. The molecule has 4 atom stereocenters. The minimum absolute atomic E-state index is 0.0127. The highest BCUT2D eigenvalue weighted by Crippen LogP contribution is 2.75. The van der Waals surface area contributed by atoms with Gasteiger partial charge in [-0.25, -0.2) is 4.98 Å². The van der Waals surface area contributed by atoms with Gasteiger partial charge in [-0.1, -0.05) is 39.0 Å². The number of H-pyrrole nitrogens is 1. The minimum atomic E-state index is 0.0127. The van der Waals surface area contributed by atoms with Crippen molar-refractivity contribution in [2.24, 2.45) is 5.92 Å². The lowest BCUT2D eigenvalue weighted by Crippen LogP contribution is -2.39. The lowest BCUT2D eigenvalue weighted by molar-refractivity contribution is -0.132. The number of nitrogens with zero attached hydrogens (tertiary/aromatic N) is 3. The number of para-hydroxylation sites is 2. The Morgan fingerprint density at radius 1 is 1.46 bits per heavy atom. The summed E-state index contributed by atoms with van der Waals surface area (Å²) in [4.78, 5) is 25.3. The molecule has 1 aromatic carbocycles. The van der Waals surface area contributed by atoms with Crippen LogP contribution in [-0.4, -0.2) is 49.3 Å². The van der Waals surface area contributed by atoms with E-state index in [0.29, 0.717) is 24.3 Å². The number of carbonyl (C=O) groups excluding carboxylic acids is 1. The Morgan fingerprint density at radius 2 is 2.23 bits per heavy atom. The highest BCUT2D eigenvalue weighted by atomic mass is 16.2. The van der Waals surface area contributed by atoms with Gasteiger partial charge in [0.25, 0.3) is 0 Å². The van der Waals surface area contributed by atoms with Crippen LogP contribution >= 0.6 is 0 Å². The zero-order valence-corrected chi connectivity index (χ0v) is 15.7. The predicted molar refractivity (Wildman–Crippen MR) is 102 cm³/mol. The number of hydrogen-bond acceptors (Lipinski definition) is 3. The first-order valence-corrected chi connectivity index (χ1v) is 9.66. The van der Waals surface area contributed by atoms with E-state index < -0.39 is 0 Å². The van der Waals surface area contributed by atoms with Crippen molar-refractivity contribution in [1.82, 2.24) is 19.8 Å². The van der Waals surface area contributed by atoms with E-state index in [4.69, 9.17) is 4.98 Å². The first-order valence-electron chi connectivity index (χ1n) is 9.66. The Morgan fingerprint density at radius 3 is 2.88 bits per heavy atom. The molecule has 1 aromatic heterocycles. The highest BCUT2D eigenvalue weighted by molar-refractivity contribution is 5.83. The van der Waals surface area contributed by atoms with E-state index >= 15 is 0 Å². The van der Waals surface area contributed by atoms with Crippen molar-refractivity contribution in [1.29, 1.82) is 0 Å². The van der Waals surface area contributed by atoms with Crippen molar-refractivity contribution in [3.8, 4) is 0 Å². The second kappa shape index (κ2) is 4.90. The number of aromatic nitrogens is 2. The molecule has 0 bridgehead atoms. The van der Waals surface area contributed by atoms with Crippen LogP contribution in [0.3, 0.4) is 0 Å². The zero-order valence-electron chi connectivity index (χ0n) is 15.7. The molecule has 26 heavy (non-hydrogen) atoms. The van der Waals surface area contributed by atoms with Gasteiger partial charge in [-0.2, -0.15) is 0 Å². The van der Waals surface area contributed by atoms with Gasteiger partial charge in [0, 0.05) is 13.0 Å². The Kier molecular flexibility index (Phi) is 3.00. The molecule has 5 rings (SSSR count). The molecule has 1 spiro atoms. The summed E-state index contributed by atoms with van der Waals surface area (Å²) < 4.78 is 0. The van der Waals surface area contributed by atoms with Crippen molar-refractivity contribution in [3.63, 3.8) is 0 Å². The van der Waals surface area contributed by atoms with E-state index in [1.54, 1.807) is 0 Å². The van der Waals surface area contributed by atoms with Crippen molar-refractivity contribution in [2.45, 2.75) is 57.2 Å². The van der Waals surface area contributed by atoms with Crippen LogP contribution < -0.4 is 0 Å². The highest BCUT2D eigenvalue weighted by Gasteiger charge is 2.90. The number of piperazine rings is 1. The third-order valence-corrected chi connectivity index (χ3v) is 7.00. The normalized spacial score (nSPS) is 32.3. The number of benzene rings is 1. The molecule has 2 aromatic rings. The van der Waals surface area contributed by atoms with Crippen LogP contribution in [-0.2, 0) is 4.79 Å². The number of likely N-dealkylation sites (tertiary alicyclic amines) is 1. The third kappa shape index (κ3) is 1.81. The number of piperidine rings is 1. The average molecular weight is 350 g/mol. The summed E-state index contributed by atoms with van der Waals surface area (Å²) in [6.07, 6.45) is 2.79.